The number of nitrogens with one attached hydrogen (secondary N) is 2. The average Bonchev–Trinajstić information content (AvgIpc) is 3.32. The van der Waals surface area contributed by atoms with Gasteiger partial charge in [0.25, 0.3) is 0 Å². The fourth-order valence-corrected chi connectivity index (χ4v) is 3.89. The molecule has 1 saturated heterocycles. The molecule has 2 unspecified atom stereocenters. The first kappa shape index (κ1) is 21.0. The Morgan fingerprint density at radius 1 is 1.32 bits per heavy atom. The van der Waals surface area contributed by atoms with Gasteiger partial charge in [-0.25, -0.2) is 4.98 Å². The molecule has 1 fully saturated rings. The molecule has 2 aliphatic rings. The van der Waals surface area contributed by atoms with Crippen molar-refractivity contribution in [2.45, 2.75) is 25.0 Å². The van der Waals surface area contributed by atoms with E-state index in [9.17, 15) is 0 Å². The second-order valence-electron chi connectivity index (χ2n) is 6.89. The van der Waals surface area contributed by atoms with Crippen LogP contribution in [0.15, 0.2) is 47.6 Å². The van der Waals surface area contributed by atoms with Crippen molar-refractivity contribution in [1.29, 1.82) is 0 Å². The van der Waals surface area contributed by atoms with Gasteiger partial charge in [0.1, 0.15) is 17.7 Å². The minimum atomic E-state index is 0. The predicted molar refractivity (Wildman–Crippen MR) is 124 cm³/mol. The van der Waals surface area contributed by atoms with Crippen molar-refractivity contribution >= 4 is 47.4 Å². The third kappa shape index (κ3) is 4.81. The zero-order chi connectivity index (χ0) is 18.6. The quantitative estimate of drug-likeness (QED) is 0.374. The maximum Gasteiger partial charge on any atom is 0.191 e. The number of fused-ring (bicyclic) bond motifs is 1. The van der Waals surface area contributed by atoms with Crippen LogP contribution in [0, 0.1) is 0 Å². The van der Waals surface area contributed by atoms with E-state index < -0.39 is 0 Å². The van der Waals surface area contributed by atoms with Crippen molar-refractivity contribution < 1.29 is 4.74 Å². The number of aliphatic imine (C=N–C) groups is 1. The van der Waals surface area contributed by atoms with E-state index in [-0.39, 0.29) is 30.1 Å². The Balaban J connectivity index is 0.00000225. The lowest BCUT2D eigenvalue weighted by molar-refractivity contribution is 0.234. The van der Waals surface area contributed by atoms with Crippen LogP contribution < -0.4 is 20.3 Å². The molecule has 6 nitrogen and oxygen atoms in total. The molecular formula is C20H25ClIN5O. The molecule has 0 radical (unpaired) electrons. The molecule has 2 aromatic rings. The van der Waals surface area contributed by atoms with E-state index in [1.165, 1.54) is 5.56 Å². The Labute approximate surface area is 187 Å². The Bertz CT molecular complexity index is 809. The van der Waals surface area contributed by atoms with Gasteiger partial charge in [-0.05, 0) is 30.2 Å². The maximum atomic E-state index is 6.27. The molecule has 2 N–H and O–H groups in total. The summed E-state index contributed by atoms with van der Waals surface area (Å²) in [6, 6.07) is 12.2. The van der Waals surface area contributed by atoms with Crippen molar-refractivity contribution in [3.63, 3.8) is 0 Å². The summed E-state index contributed by atoms with van der Waals surface area (Å²) in [4.78, 5) is 11.0. The number of ether oxygens (including phenoxy) is 1. The minimum absolute atomic E-state index is 0. The summed E-state index contributed by atoms with van der Waals surface area (Å²) in [5, 5.41) is 7.59. The van der Waals surface area contributed by atoms with E-state index in [4.69, 9.17) is 16.3 Å². The third-order valence-electron chi connectivity index (χ3n) is 5.00. The number of benzene rings is 1. The number of anilines is 1. The summed E-state index contributed by atoms with van der Waals surface area (Å²) >= 11 is 6.27. The molecule has 0 spiro atoms. The van der Waals surface area contributed by atoms with Gasteiger partial charge in [-0.3, -0.25) is 4.99 Å². The molecule has 1 aromatic carbocycles. The molecule has 0 bridgehead atoms. The number of nitrogens with zero attached hydrogens (tertiary/aromatic N) is 3. The van der Waals surface area contributed by atoms with Gasteiger partial charge in [-0.2, -0.15) is 0 Å². The topological polar surface area (TPSA) is 61.8 Å². The lowest BCUT2D eigenvalue weighted by Crippen LogP contribution is -2.47. The van der Waals surface area contributed by atoms with Crippen LogP contribution >= 0.6 is 35.6 Å². The first-order valence-corrected chi connectivity index (χ1v) is 9.68. The molecule has 4 rings (SSSR count). The summed E-state index contributed by atoms with van der Waals surface area (Å²) in [5.74, 6) is 2.64. The van der Waals surface area contributed by atoms with Crippen LogP contribution in [-0.2, 0) is 6.42 Å². The molecule has 2 aliphatic heterocycles. The summed E-state index contributed by atoms with van der Waals surface area (Å²) in [6.07, 6.45) is 3.85. The van der Waals surface area contributed by atoms with E-state index in [2.05, 4.69) is 37.6 Å². The first-order chi connectivity index (χ1) is 13.2. The van der Waals surface area contributed by atoms with E-state index in [1.807, 2.05) is 24.3 Å². The molecule has 0 saturated carbocycles. The minimum Gasteiger partial charge on any atom is -0.488 e. The molecular weight excluding hydrogens is 489 g/mol. The SMILES string of the molecule is CN=C(NCC1Cc2ccccc2O1)NC1CCN(c2ncccc2Cl)C1.I. The smallest absolute Gasteiger partial charge is 0.191 e. The van der Waals surface area contributed by atoms with Crippen molar-refractivity contribution in [3.8, 4) is 5.75 Å². The molecule has 150 valence electrons. The second-order valence-corrected chi connectivity index (χ2v) is 7.30. The highest BCUT2D eigenvalue weighted by atomic mass is 127. The standard InChI is InChI=1S/C20H24ClN5O.HI/c1-22-20(24-12-16-11-14-5-2-3-7-18(14)27-16)25-15-8-10-26(13-15)19-17(21)6-4-9-23-19;/h2-7,9,15-16H,8,10-13H2,1H3,(H2,22,24,25);1H. The number of pyridine rings is 1. The highest BCUT2D eigenvalue weighted by molar-refractivity contribution is 14.0. The van der Waals surface area contributed by atoms with Gasteiger partial charge in [0, 0.05) is 38.8 Å². The van der Waals surface area contributed by atoms with Gasteiger partial charge in [0.15, 0.2) is 5.96 Å². The van der Waals surface area contributed by atoms with E-state index in [0.717, 1.165) is 50.0 Å². The van der Waals surface area contributed by atoms with E-state index in [0.29, 0.717) is 11.1 Å². The fourth-order valence-electron chi connectivity index (χ4n) is 3.65. The van der Waals surface area contributed by atoms with Crippen molar-refractivity contribution in [2.24, 2.45) is 4.99 Å². The van der Waals surface area contributed by atoms with Crippen molar-refractivity contribution in [1.82, 2.24) is 15.6 Å². The van der Waals surface area contributed by atoms with Gasteiger partial charge >= 0.3 is 0 Å². The van der Waals surface area contributed by atoms with E-state index >= 15 is 0 Å². The lowest BCUT2D eigenvalue weighted by Gasteiger charge is -2.21. The summed E-state index contributed by atoms with van der Waals surface area (Å²) in [7, 11) is 1.79. The van der Waals surface area contributed by atoms with Gasteiger partial charge in [0.2, 0.25) is 0 Å². The highest BCUT2D eigenvalue weighted by Crippen LogP contribution is 2.28. The molecule has 2 atom stereocenters. The summed E-state index contributed by atoms with van der Waals surface area (Å²) < 4.78 is 5.98. The summed E-state index contributed by atoms with van der Waals surface area (Å²) in [6.45, 7) is 2.49. The number of hydrogen-bond acceptors (Lipinski definition) is 4. The Hall–Kier alpha value is -1.74. The third-order valence-corrected chi connectivity index (χ3v) is 5.30. The number of para-hydroxylation sites is 1. The van der Waals surface area contributed by atoms with Gasteiger partial charge in [-0.1, -0.05) is 29.8 Å². The molecule has 1 aromatic heterocycles. The fraction of sp³-hybridized carbons (Fsp3) is 0.400. The monoisotopic (exact) mass is 513 g/mol. The van der Waals surface area contributed by atoms with Crippen molar-refractivity contribution in [3.05, 3.63) is 53.2 Å². The number of rotatable bonds is 4. The first-order valence-electron chi connectivity index (χ1n) is 9.30. The number of hydrogen-bond donors (Lipinski definition) is 2. The average molecular weight is 514 g/mol. The van der Waals surface area contributed by atoms with Crippen molar-refractivity contribution in [2.75, 3.05) is 31.6 Å². The Morgan fingerprint density at radius 2 is 2.18 bits per heavy atom. The summed E-state index contributed by atoms with van der Waals surface area (Å²) in [5.41, 5.74) is 1.27. The van der Waals surface area contributed by atoms with Crippen LogP contribution in [0.5, 0.6) is 5.75 Å². The maximum absolute atomic E-state index is 6.27. The Morgan fingerprint density at radius 3 is 2.96 bits per heavy atom. The van der Waals surface area contributed by atoms with Crippen LogP contribution in [0.25, 0.3) is 0 Å². The highest BCUT2D eigenvalue weighted by Gasteiger charge is 2.26. The van der Waals surface area contributed by atoms with Crippen LogP contribution in [0.3, 0.4) is 0 Å². The zero-order valence-electron chi connectivity index (χ0n) is 15.8. The molecule has 0 aliphatic carbocycles. The number of aromatic nitrogens is 1. The number of guanidine groups is 1. The van der Waals surface area contributed by atoms with E-state index in [1.54, 1.807) is 13.2 Å². The molecule has 28 heavy (non-hydrogen) atoms. The molecule has 8 heteroatoms. The number of halogens is 2. The normalized spacial score (nSPS) is 20.9. The zero-order valence-corrected chi connectivity index (χ0v) is 18.9. The van der Waals surface area contributed by atoms with Gasteiger partial charge < -0.3 is 20.3 Å². The van der Waals surface area contributed by atoms with Crippen LogP contribution in [0.4, 0.5) is 5.82 Å². The largest absolute Gasteiger partial charge is 0.488 e. The lowest BCUT2D eigenvalue weighted by atomic mass is 10.1. The predicted octanol–water partition coefficient (Wildman–Crippen LogP) is 3.10. The molecule has 0 amide bonds. The van der Waals surface area contributed by atoms with Gasteiger partial charge in [0.05, 0.1) is 11.6 Å². The van der Waals surface area contributed by atoms with Crippen LogP contribution in [0.2, 0.25) is 5.02 Å². The second kappa shape index (κ2) is 9.65. The van der Waals surface area contributed by atoms with Crippen LogP contribution in [0.1, 0.15) is 12.0 Å². The van der Waals surface area contributed by atoms with Crippen LogP contribution in [-0.4, -0.2) is 49.8 Å². The molecule has 3 heterocycles. The van der Waals surface area contributed by atoms with Gasteiger partial charge in [-0.15, -0.1) is 24.0 Å². The Kier molecular flexibility index (Phi) is 7.23.